The molecule has 0 N–H and O–H groups in total. The first-order valence-corrected chi connectivity index (χ1v) is 7.68. The molecule has 2 fully saturated rings. The predicted molar refractivity (Wildman–Crippen MR) is 77.9 cm³/mol. The number of allylic oxidation sites excluding steroid dienone is 2. The maximum atomic E-state index is 12.8. The number of alkyl halides is 2. The van der Waals surface area contributed by atoms with Gasteiger partial charge < -0.3 is 4.74 Å². The van der Waals surface area contributed by atoms with Gasteiger partial charge in [0.05, 0.1) is 17.5 Å². The molecule has 0 spiro atoms. The van der Waals surface area contributed by atoms with Gasteiger partial charge in [0.25, 0.3) is 0 Å². The van der Waals surface area contributed by atoms with Crippen LogP contribution in [0.4, 0.5) is 14.5 Å². The van der Waals surface area contributed by atoms with Crippen LogP contribution in [0.2, 0.25) is 0 Å². The molecule has 0 radical (unpaired) electrons. The molecule has 1 aromatic rings. The van der Waals surface area contributed by atoms with Crippen molar-refractivity contribution in [3.8, 4) is 5.75 Å². The maximum Gasteiger partial charge on any atom is 0.387 e. The second-order valence-corrected chi connectivity index (χ2v) is 6.20. The van der Waals surface area contributed by atoms with E-state index < -0.39 is 6.61 Å². The maximum absolute atomic E-state index is 12.8. The summed E-state index contributed by atoms with van der Waals surface area (Å²) in [5.41, 5.74) is 0.108. The number of rotatable bonds is 3. The fourth-order valence-electron chi connectivity index (χ4n) is 4.15. The van der Waals surface area contributed by atoms with Crippen LogP contribution in [0.25, 0.3) is 0 Å². The number of carbonyl (C=O) groups excluding carboxylic acids is 2. The van der Waals surface area contributed by atoms with Gasteiger partial charge in [-0.25, -0.2) is 4.90 Å². The van der Waals surface area contributed by atoms with E-state index in [9.17, 15) is 18.4 Å². The van der Waals surface area contributed by atoms with Gasteiger partial charge in [-0.3, -0.25) is 9.59 Å². The highest BCUT2D eigenvalue weighted by Gasteiger charge is 2.57. The van der Waals surface area contributed by atoms with Crippen LogP contribution in [0.3, 0.4) is 0 Å². The van der Waals surface area contributed by atoms with Gasteiger partial charge >= 0.3 is 6.61 Å². The lowest BCUT2D eigenvalue weighted by atomic mass is 9.63. The molecule has 1 aliphatic heterocycles. The average molecular weight is 319 g/mol. The van der Waals surface area contributed by atoms with Gasteiger partial charge in [-0.15, -0.1) is 0 Å². The molecule has 0 unspecified atom stereocenters. The Labute approximate surface area is 131 Å². The Morgan fingerprint density at radius 1 is 1.00 bits per heavy atom. The van der Waals surface area contributed by atoms with Crippen LogP contribution in [0.1, 0.15) is 12.8 Å². The van der Waals surface area contributed by atoms with E-state index in [-0.39, 0.29) is 46.9 Å². The average Bonchev–Trinajstić information content (AvgIpc) is 2.82. The first-order valence-electron chi connectivity index (χ1n) is 7.68. The third-order valence-electron chi connectivity index (χ3n) is 5.08. The molecule has 0 aromatic heterocycles. The lowest BCUT2D eigenvalue weighted by Gasteiger charge is -2.38. The van der Waals surface area contributed by atoms with Crippen LogP contribution in [0.15, 0.2) is 36.4 Å². The minimum absolute atomic E-state index is 0.0645. The molecule has 2 bridgehead atoms. The van der Waals surface area contributed by atoms with Gasteiger partial charge in [0.1, 0.15) is 5.75 Å². The van der Waals surface area contributed by atoms with Crippen molar-refractivity contribution in [2.24, 2.45) is 23.7 Å². The monoisotopic (exact) mass is 319 g/mol. The van der Waals surface area contributed by atoms with Gasteiger partial charge in [0, 0.05) is 0 Å². The summed E-state index contributed by atoms with van der Waals surface area (Å²) in [5, 5.41) is 0. The molecule has 1 saturated heterocycles. The van der Waals surface area contributed by atoms with Crippen molar-refractivity contribution >= 4 is 17.5 Å². The standard InChI is InChI=1S/C17H15F2NO3/c18-17(19)23-12-4-2-1-3-11(12)20-15(21)13-9-5-6-10(8-7-9)14(13)16(20)22/h1-6,9-10,13-14,17H,7-8H2/t9-,10+,13-,14+. The van der Waals surface area contributed by atoms with Crippen molar-refractivity contribution in [3.05, 3.63) is 36.4 Å². The molecule has 1 saturated carbocycles. The minimum atomic E-state index is -3.01. The molecule has 6 heteroatoms. The topological polar surface area (TPSA) is 46.6 Å². The lowest BCUT2D eigenvalue weighted by molar-refractivity contribution is -0.124. The third-order valence-corrected chi connectivity index (χ3v) is 5.08. The number of halogens is 2. The van der Waals surface area contributed by atoms with E-state index in [2.05, 4.69) is 4.74 Å². The predicted octanol–water partition coefficient (Wildman–Crippen LogP) is 2.99. The second-order valence-electron chi connectivity index (χ2n) is 6.20. The summed E-state index contributed by atoms with van der Waals surface area (Å²) in [7, 11) is 0. The van der Waals surface area contributed by atoms with Gasteiger partial charge in [-0.2, -0.15) is 8.78 Å². The number of imide groups is 1. The zero-order chi connectivity index (χ0) is 16.1. The highest BCUT2D eigenvalue weighted by Crippen LogP contribution is 2.51. The molecule has 4 aliphatic rings. The fraction of sp³-hybridized carbons (Fsp3) is 0.412. The number of fused-ring (bicyclic) bond motifs is 1. The molecule has 4 nitrogen and oxygen atoms in total. The highest BCUT2D eigenvalue weighted by atomic mass is 19.3. The van der Waals surface area contributed by atoms with Crippen LogP contribution in [-0.4, -0.2) is 18.4 Å². The van der Waals surface area contributed by atoms with Crippen molar-refractivity contribution in [2.75, 3.05) is 4.90 Å². The first-order chi connectivity index (χ1) is 11.1. The Balaban J connectivity index is 1.74. The summed E-state index contributed by atoms with van der Waals surface area (Å²) in [6.45, 7) is -3.01. The van der Waals surface area contributed by atoms with Crippen molar-refractivity contribution in [1.29, 1.82) is 0 Å². The van der Waals surface area contributed by atoms with E-state index in [1.165, 1.54) is 18.2 Å². The molecular formula is C17H15F2NO3. The molecular weight excluding hydrogens is 304 g/mol. The number of hydrogen-bond donors (Lipinski definition) is 0. The number of hydrogen-bond acceptors (Lipinski definition) is 3. The summed E-state index contributed by atoms with van der Waals surface area (Å²) in [4.78, 5) is 26.7. The van der Waals surface area contributed by atoms with Crippen LogP contribution in [-0.2, 0) is 9.59 Å². The molecule has 120 valence electrons. The van der Waals surface area contributed by atoms with Gasteiger partial charge in [-0.1, -0.05) is 24.3 Å². The molecule has 2 amide bonds. The Morgan fingerprint density at radius 2 is 1.57 bits per heavy atom. The number of anilines is 1. The molecule has 4 atom stereocenters. The van der Waals surface area contributed by atoms with Gasteiger partial charge in [0.15, 0.2) is 0 Å². The summed E-state index contributed by atoms with van der Waals surface area (Å²) in [6.07, 6.45) is 5.83. The number of amides is 2. The van der Waals surface area contributed by atoms with Crippen LogP contribution < -0.4 is 9.64 Å². The molecule has 23 heavy (non-hydrogen) atoms. The summed E-state index contributed by atoms with van der Waals surface area (Å²) < 4.78 is 29.7. The number of ether oxygens (including phenoxy) is 1. The van der Waals surface area contributed by atoms with Crippen LogP contribution in [0, 0.1) is 23.7 Å². The van der Waals surface area contributed by atoms with E-state index in [1.54, 1.807) is 6.07 Å². The zero-order valence-electron chi connectivity index (χ0n) is 12.2. The summed E-state index contributed by atoms with van der Waals surface area (Å²) >= 11 is 0. The minimum Gasteiger partial charge on any atom is -0.433 e. The second kappa shape index (κ2) is 5.15. The van der Waals surface area contributed by atoms with Crippen molar-refractivity contribution in [1.82, 2.24) is 0 Å². The number of nitrogens with zero attached hydrogens (tertiary/aromatic N) is 1. The first kappa shape index (κ1) is 14.4. The molecule has 5 rings (SSSR count). The van der Waals surface area contributed by atoms with Crippen LogP contribution in [0.5, 0.6) is 5.75 Å². The van der Waals surface area contributed by atoms with Crippen molar-refractivity contribution in [3.63, 3.8) is 0 Å². The van der Waals surface area contributed by atoms with E-state index in [1.807, 2.05) is 12.2 Å². The Kier molecular flexibility index (Phi) is 3.21. The lowest BCUT2D eigenvalue weighted by Crippen LogP contribution is -2.38. The van der Waals surface area contributed by atoms with E-state index in [4.69, 9.17) is 0 Å². The number of benzene rings is 1. The number of para-hydroxylation sites is 2. The summed E-state index contributed by atoms with van der Waals surface area (Å²) in [5.74, 6) is -1.36. The molecule has 3 aliphatic carbocycles. The number of carbonyl (C=O) groups is 2. The SMILES string of the molecule is O=C1[C@@H]2[C@H](C(=O)N1c1ccccc1OC(F)F)[C@@H]1C=C[C@H]2CC1. The molecule has 1 heterocycles. The fourth-order valence-corrected chi connectivity index (χ4v) is 4.15. The van der Waals surface area contributed by atoms with Crippen molar-refractivity contribution in [2.45, 2.75) is 19.5 Å². The Bertz CT molecular complexity index is 671. The smallest absolute Gasteiger partial charge is 0.387 e. The third kappa shape index (κ3) is 2.08. The summed E-state index contributed by atoms with van der Waals surface area (Å²) in [6, 6.07) is 5.95. The highest BCUT2D eigenvalue weighted by molar-refractivity contribution is 6.23. The van der Waals surface area contributed by atoms with E-state index in [0.29, 0.717) is 0 Å². The van der Waals surface area contributed by atoms with E-state index in [0.717, 1.165) is 17.7 Å². The quantitative estimate of drug-likeness (QED) is 0.635. The normalized spacial score (nSPS) is 31.9. The van der Waals surface area contributed by atoms with Crippen LogP contribution >= 0.6 is 0 Å². The largest absolute Gasteiger partial charge is 0.433 e. The Morgan fingerprint density at radius 3 is 2.09 bits per heavy atom. The van der Waals surface area contributed by atoms with Gasteiger partial charge in [-0.05, 0) is 36.8 Å². The van der Waals surface area contributed by atoms with E-state index >= 15 is 0 Å². The zero-order valence-corrected chi connectivity index (χ0v) is 12.2. The van der Waals surface area contributed by atoms with Crippen molar-refractivity contribution < 1.29 is 23.1 Å². The van der Waals surface area contributed by atoms with Gasteiger partial charge in [0.2, 0.25) is 11.8 Å². The molecule has 1 aromatic carbocycles. The Hall–Kier alpha value is -2.24.